The van der Waals surface area contributed by atoms with E-state index in [1.165, 1.54) is 4.90 Å². The molecule has 180 valence electrons. The van der Waals surface area contributed by atoms with Crippen molar-refractivity contribution >= 4 is 18.0 Å². The fourth-order valence-corrected chi connectivity index (χ4v) is 5.11. The molecule has 2 amide bonds. The number of carbonyl (C=O) groups is 3. The molecule has 0 aromatic heterocycles. The summed E-state index contributed by atoms with van der Waals surface area (Å²) in [5.41, 5.74) is 3.69. The Balaban J connectivity index is 1.36. The number of alkyl carbamates (subject to hydrolysis) is 1. The summed E-state index contributed by atoms with van der Waals surface area (Å²) >= 11 is 0. The maximum Gasteiger partial charge on any atom is 0.407 e. The van der Waals surface area contributed by atoms with Gasteiger partial charge in [0.05, 0.1) is 0 Å². The average molecular weight is 465 g/mol. The van der Waals surface area contributed by atoms with Crippen molar-refractivity contribution in [2.24, 2.45) is 5.92 Å². The van der Waals surface area contributed by atoms with Crippen LogP contribution in [0.3, 0.4) is 0 Å². The first-order chi connectivity index (χ1) is 16.2. The van der Waals surface area contributed by atoms with Crippen molar-refractivity contribution in [3.05, 3.63) is 59.7 Å². The maximum atomic E-state index is 12.9. The minimum atomic E-state index is -0.984. The highest BCUT2D eigenvalue weighted by Crippen LogP contribution is 2.44. The van der Waals surface area contributed by atoms with E-state index in [0.717, 1.165) is 28.7 Å². The highest BCUT2D eigenvalue weighted by molar-refractivity contribution is 5.85. The van der Waals surface area contributed by atoms with Gasteiger partial charge in [-0.2, -0.15) is 0 Å². The molecule has 2 aliphatic rings. The van der Waals surface area contributed by atoms with Gasteiger partial charge in [-0.25, -0.2) is 9.59 Å². The number of benzene rings is 2. The first-order valence-corrected chi connectivity index (χ1v) is 11.8. The fourth-order valence-electron chi connectivity index (χ4n) is 5.11. The highest BCUT2D eigenvalue weighted by atomic mass is 16.5. The summed E-state index contributed by atoms with van der Waals surface area (Å²) in [5, 5.41) is 12.3. The molecule has 2 aromatic carbocycles. The molecule has 0 bridgehead atoms. The van der Waals surface area contributed by atoms with Gasteiger partial charge in [-0.15, -0.1) is 0 Å². The number of rotatable bonds is 6. The molecule has 34 heavy (non-hydrogen) atoms. The number of nitrogens with one attached hydrogen (secondary N) is 1. The van der Waals surface area contributed by atoms with Crippen LogP contribution in [0.4, 0.5) is 4.79 Å². The van der Waals surface area contributed by atoms with Crippen molar-refractivity contribution in [3.63, 3.8) is 0 Å². The molecule has 7 nitrogen and oxygen atoms in total. The second-order valence-corrected chi connectivity index (χ2v) is 10.1. The van der Waals surface area contributed by atoms with Crippen LogP contribution in [-0.2, 0) is 14.3 Å². The van der Waals surface area contributed by atoms with Gasteiger partial charge in [0.2, 0.25) is 5.91 Å². The Hall–Kier alpha value is -3.35. The molecule has 1 aliphatic heterocycles. The number of carbonyl (C=O) groups excluding carboxylic acids is 2. The molecular formula is C27H32N2O5. The van der Waals surface area contributed by atoms with Crippen molar-refractivity contribution in [3.8, 4) is 11.1 Å². The summed E-state index contributed by atoms with van der Waals surface area (Å²) in [6.07, 6.45) is 0.619. The molecule has 2 unspecified atom stereocenters. The van der Waals surface area contributed by atoms with Gasteiger partial charge in [0.25, 0.3) is 0 Å². The number of amides is 2. The number of likely N-dealkylation sites (tertiary alicyclic amines) is 1. The Morgan fingerprint density at radius 2 is 1.65 bits per heavy atom. The van der Waals surface area contributed by atoms with Crippen molar-refractivity contribution in [2.75, 3.05) is 13.2 Å². The number of ether oxygens (including phenoxy) is 1. The number of nitrogens with zero attached hydrogens (tertiary/aromatic N) is 1. The number of fused-ring (bicyclic) bond motifs is 3. The third-order valence-electron chi connectivity index (χ3n) is 6.85. The van der Waals surface area contributed by atoms with E-state index in [4.69, 9.17) is 4.74 Å². The van der Waals surface area contributed by atoms with Gasteiger partial charge in [0.15, 0.2) is 0 Å². The van der Waals surface area contributed by atoms with Crippen molar-refractivity contribution in [1.29, 1.82) is 0 Å². The molecule has 0 radical (unpaired) electrons. The molecule has 2 atom stereocenters. The number of carboxylic acids is 1. The van der Waals surface area contributed by atoms with Crippen molar-refractivity contribution < 1.29 is 24.2 Å². The van der Waals surface area contributed by atoms with Gasteiger partial charge in [0.1, 0.15) is 12.6 Å². The minimum Gasteiger partial charge on any atom is -0.480 e. The van der Waals surface area contributed by atoms with Crippen LogP contribution in [0.5, 0.6) is 0 Å². The molecule has 1 fully saturated rings. The Bertz CT molecular complexity index is 1050. The van der Waals surface area contributed by atoms with Gasteiger partial charge in [-0.1, -0.05) is 55.5 Å². The summed E-state index contributed by atoms with van der Waals surface area (Å²) in [6, 6.07) is 15.4. The average Bonchev–Trinajstić information content (AvgIpc) is 3.10. The first kappa shape index (κ1) is 23.8. The summed E-state index contributed by atoms with van der Waals surface area (Å²) in [4.78, 5) is 38.7. The number of aliphatic carboxylic acids is 1. The molecule has 1 aliphatic carbocycles. The summed E-state index contributed by atoms with van der Waals surface area (Å²) in [7, 11) is 0. The molecule has 4 rings (SSSR count). The van der Waals surface area contributed by atoms with E-state index in [0.29, 0.717) is 13.0 Å². The van der Waals surface area contributed by atoms with Crippen LogP contribution in [0, 0.1) is 5.92 Å². The third-order valence-corrected chi connectivity index (χ3v) is 6.85. The maximum absolute atomic E-state index is 12.9. The van der Waals surface area contributed by atoms with E-state index in [1.54, 1.807) is 13.8 Å². The van der Waals surface area contributed by atoms with Gasteiger partial charge in [-0.3, -0.25) is 4.79 Å². The van der Waals surface area contributed by atoms with Crippen LogP contribution in [-0.4, -0.2) is 52.7 Å². The molecule has 1 heterocycles. The van der Waals surface area contributed by atoms with Gasteiger partial charge in [-0.05, 0) is 54.9 Å². The van der Waals surface area contributed by atoms with Gasteiger partial charge >= 0.3 is 12.1 Å². The summed E-state index contributed by atoms with van der Waals surface area (Å²) in [6.45, 7) is 6.09. The van der Waals surface area contributed by atoms with Crippen molar-refractivity contribution in [1.82, 2.24) is 10.2 Å². The lowest BCUT2D eigenvalue weighted by Gasteiger charge is -2.38. The zero-order valence-electron chi connectivity index (χ0n) is 19.9. The van der Waals surface area contributed by atoms with Crippen LogP contribution < -0.4 is 5.32 Å². The summed E-state index contributed by atoms with van der Waals surface area (Å²) in [5.74, 6) is -1.04. The quantitative estimate of drug-likeness (QED) is 0.660. The molecule has 0 spiro atoms. The lowest BCUT2D eigenvalue weighted by atomic mass is 9.91. The number of hydrogen-bond acceptors (Lipinski definition) is 4. The third kappa shape index (κ3) is 4.93. The predicted molar refractivity (Wildman–Crippen MR) is 128 cm³/mol. The minimum absolute atomic E-state index is 0.00461. The lowest BCUT2D eigenvalue weighted by Crippen LogP contribution is -2.53. The molecule has 0 saturated carbocycles. The van der Waals surface area contributed by atoms with Crippen LogP contribution in [0.1, 0.15) is 57.1 Å². The largest absolute Gasteiger partial charge is 0.480 e. The smallest absolute Gasteiger partial charge is 0.407 e. The molecule has 2 aromatic rings. The standard InChI is InChI=1S/C27H32N2O5/c1-17-12-13-29(23(14-17)25(31)32)24(30)15-27(2,3)28-26(33)34-16-22-20-10-6-4-8-18(20)19-9-5-7-11-21(19)22/h4-11,17,22-23H,12-16H2,1-3H3,(H,28,33)(H,31,32). The van der Waals surface area contributed by atoms with Crippen LogP contribution >= 0.6 is 0 Å². The van der Waals surface area contributed by atoms with Crippen molar-refractivity contribution in [2.45, 2.75) is 57.5 Å². The van der Waals surface area contributed by atoms with E-state index in [-0.39, 0.29) is 30.8 Å². The normalized spacial score (nSPS) is 19.8. The topological polar surface area (TPSA) is 95.9 Å². The van der Waals surface area contributed by atoms with E-state index >= 15 is 0 Å². The van der Waals surface area contributed by atoms with E-state index < -0.39 is 23.6 Å². The Morgan fingerprint density at radius 1 is 1.06 bits per heavy atom. The second-order valence-electron chi connectivity index (χ2n) is 10.1. The number of hydrogen-bond donors (Lipinski definition) is 2. The van der Waals surface area contributed by atoms with Crippen LogP contribution in [0.2, 0.25) is 0 Å². The first-order valence-electron chi connectivity index (χ1n) is 11.8. The zero-order chi connectivity index (χ0) is 24.5. The monoisotopic (exact) mass is 464 g/mol. The number of piperidine rings is 1. The van der Waals surface area contributed by atoms with E-state index in [9.17, 15) is 19.5 Å². The van der Waals surface area contributed by atoms with Crippen LogP contribution in [0.25, 0.3) is 11.1 Å². The Labute approximate surface area is 200 Å². The second kappa shape index (κ2) is 9.49. The van der Waals surface area contributed by atoms with Gasteiger partial charge < -0.3 is 20.1 Å². The van der Waals surface area contributed by atoms with E-state index in [2.05, 4.69) is 29.6 Å². The number of carboxylic acid groups (broad SMARTS) is 1. The fraction of sp³-hybridized carbons (Fsp3) is 0.444. The summed E-state index contributed by atoms with van der Waals surface area (Å²) < 4.78 is 5.61. The van der Waals surface area contributed by atoms with Crippen LogP contribution in [0.15, 0.2) is 48.5 Å². The predicted octanol–water partition coefficient (Wildman–Crippen LogP) is 4.41. The molecule has 1 saturated heterocycles. The highest BCUT2D eigenvalue weighted by Gasteiger charge is 2.37. The molecule has 7 heteroatoms. The van der Waals surface area contributed by atoms with E-state index in [1.807, 2.05) is 31.2 Å². The zero-order valence-corrected chi connectivity index (χ0v) is 19.9. The Kier molecular flexibility index (Phi) is 6.64. The lowest BCUT2D eigenvalue weighted by molar-refractivity contribution is -0.153. The Morgan fingerprint density at radius 3 is 2.24 bits per heavy atom. The SMILES string of the molecule is CC1CCN(C(=O)CC(C)(C)NC(=O)OCC2c3ccccc3-c3ccccc32)C(C(=O)O)C1. The van der Waals surface area contributed by atoms with Gasteiger partial charge in [0, 0.05) is 24.4 Å². The molecule has 2 N–H and O–H groups in total. The molecular weight excluding hydrogens is 432 g/mol.